The van der Waals surface area contributed by atoms with E-state index in [0.29, 0.717) is 0 Å². The van der Waals surface area contributed by atoms with E-state index in [1.807, 2.05) is 61.1 Å². The van der Waals surface area contributed by atoms with E-state index >= 15 is 0 Å². The maximum absolute atomic E-state index is 13.3. The highest BCUT2D eigenvalue weighted by Crippen LogP contribution is 2.13. The van der Waals surface area contributed by atoms with Crippen LogP contribution in [0.1, 0.15) is 0 Å². The van der Waals surface area contributed by atoms with Gasteiger partial charge in [-0.3, -0.25) is 0 Å². The lowest BCUT2D eigenvalue weighted by Gasteiger charge is -2.36. The summed E-state index contributed by atoms with van der Waals surface area (Å²) in [5, 5.41) is 4.15. The first-order valence-corrected chi connectivity index (χ1v) is 8.84. The number of hydrogen-bond acceptors (Lipinski definition) is 1. The van der Waals surface area contributed by atoms with Gasteiger partial charge in [0, 0.05) is 8.32 Å². The van der Waals surface area contributed by atoms with Crippen LogP contribution in [0, 0.1) is 0 Å². The third-order valence-corrected chi connectivity index (χ3v) is 6.53. The molecule has 3 aromatic carbocycles. The summed E-state index contributed by atoms with van der Waals surface area (Å²) in [5.41, 5.74) is 0. The maximum Gasteiger partial charge on any atom is 0.0212 e. The first-order chi connectivity index (χ1) is 9.19. The Bertz CT molecular complexity index is 699. The van der Waals surface area contributed by atoms with Gasteiger partial charge < -0.3 is 4.80 Å². The molecule has 1 atom stereocenters. The van der Waals surface area contributed by atoms with Crippen molar-refractivity contribution in [1.29, 1.82) is 0 Å². The second-order valence-corrected chi connectivity index (χ2v) is 8.11. The molecule has 0 amide bonds. The van der Waals surface area contributed by atoms with E-state index in [2.05, 4.69) is 18.2 Å². The van der Waals surface area contributed by atoms with Crippen molar-refractivity contribution in [1.82, 2.24) is 0 Å². The van der Waals surface area contributed by atoms with Crippen LogP contribution < -0.4 is 15.2 Å². The van der Waals surface area contributed by atoms with Crippen LogP contribution in [-0.4, -0.2) is 8.32 Å². The molecule has 94 valence electrons. The fraction of sp³-hybridized carbons (Fsp3) is 0.0588. The van der Waals surface area contributed by atoms with E-state index in [4.69, 9.17) is 0 Å². The summed E-state index contributed by atoms with van der Waals surface area (Å²) in [6, 6.07) is 23.9. The Morgan fingerprint density at radius 3 is 2.16 bits per heavy atom. The normalized spacial score (nSPS) is 14.2. The average Bonchev–Trinajstić information content (AvgIpc) is 2.47. The van der Waals surface area contributed by atoms with Crippen LogP contribution in [0.5, 0.6) is 0 Å². The van der Waals surface area contributed by atoms with Gasteiger partial charge in [-0.2, -0.15) is 0 Å². The first-order valence-electron chi connectivity index (χ1n) is 6.44. The molecule has 0 aliphatic rings. The molecule has 0 fully saturated rings. The summed E-state index contributed by atoms with van der Waals surface area (Å²) < 4.78 is 0. The van der Waals surface area contributed by atoms with Gasteiger partial charge in [0.1, 0.15) is 0 Å². The minimum absolute atomic E-state index is 0.936. The minimum Gasteiger partial charge on any atom is -0.852 e. The van der Waals surface area contributed by atoms with Crippen molar-refractivity contribution >= 4 is 29.5 Å². The molecule has 0 radical (unpaired) electrons. The van der Waals surface area contributed by atoms with Crippen molar-refractivity contribution in [2.24, 2.45) is 0 Å². The largest absolute Gasteiger partial charge is 0.852 e. The number of hydrogen-bond donors (Lipinski definition) is 0. The molecule has 19 heavy (non-hydrogen) atoms. The molecule has 0 N–H and O–H groups in total. The Kier molecular flexibility index (Phi) is 2.97. The third-order valence-electron chi connectivity index (χ3n) is 3.63. The molecule has 0 spiro atoms. The summed E-state index contributed by atoms with van der Waals surface area (Å²) in [5.74, 6) is 0. The first kappa shape index (κ1) is 12.1. The number of fused-ring (bicyclic) bond motifs is 1. The monoisotopic (exact) mass is 263 g/mol. The van der Waals surface area contributed by atoms with Gasteiger partial charge in [0.15, 0.2) is 0 Å². The zero-order chi connectivity index (χ0) is 13.3. The molecule has 3 rings (SSSR count). The molecule has 2 heteroatoms. The Morgan fingerprint density at radius 1 is 0.737 bits per heavy atom. The van der Waals surface area contributed by atoms with Gasteiger partial charge in [-0.15, -0.1) is 0 Å². The van der Waals surface area contributed by atoms with Crippen molar-refractivity contribution in [2.45, 2.75) is 6.55 Å². The zero-order valence-electron chi connectivity index (χ0n) is 10.8. The average molecular weight is 263 g/mol. The molecule has 3 aromatic rings. The SMILES string of the molecule is C[Si]([O-])(c1ccccc1)c1cccc2ccccc12. The maximum atomic E-state index is 13.3. The van der Waals surface area contributed by atoms with Crippen LogP contribution in [0.2, 0.25) is 6.55 Å². The standard InChI is InChI=1S/C17H15OSi/c1-19(18,15-10-3-2-4-11-15)17-13-7-9-14-8-5-6-12-16(14)17/h2-13H,1H3/q-1. The minimum atomic E-state index is -2.87. The molecule has 0 aliphatic carbocycles. The van der Waals surface area contributed by atoms with Gasteiger partial charge in [0.25, 0.3) is 0 Å². The Balaban J connectivity index is 2.24. The fourth-order valence-electron chi connectivity index (χ4n) is 2.55. The molecular formula is C17H15OSi-. The smallest absolute Gasteiger partial charge is 0.0212 e. The second-order valence-electron chi connectivity index (χ2n) is 4.93. The summed E-state index contributed by atoms with van der Waals surface area (Å²) in [6.07, 6.45) is 0. The Morgan fingerprint density at radius 2 is 1.37 bits per heavy atom. The van der Waals surface area contributed by atoms with E-state index < -0.39 is 8.32 Å². The van der Waals surface area contributed by atoms with Crippen LogP contribution in [-0.2, 0) is 0 Å². The lowest BCUT2D eigenvalue weighted by Crippen LogP contribution is -2.66. The van der Waals surface area contributed by atoms with Gasteiger partial charge in [-0.25, -0.2) is 0 Å². The highest BCUT2D eigenvalue weighted by molar-refractivity contribution is 6.95. The lowest BCUT2D eigenvalue weighted by atomic mass is 10.1. The predicted molar refractivity (Wildman–Crippen MR) is 81.3 cm³/mol. The topological polar surface area (TPSA) is 23.1 Å². The van der Waals surface area contributed by atoms with Crippen LogP contribution in [0.15, 0.2) is 72.8 Å². The highest BCUT2D eigenvalue weighted by atomic mass is 28.4. The van der Waals surface area contributed by atoms with Gasteiger partial charge in [-0.1, -0.05) is 89.7 Å². The number of rotatable bonds is 2. The molecule has 0 aliphatic heterocycles. The molecule has 1 nitrogen and oxygen atoms in total. The summed E-state index contributed by atoms with van der Waals surface area (Å²) >= 11 is 0. The van der Waals surface area contributed by atoms with Gasteiger partial charge >= 0.3 is 0 Å². The van der Waals surface area contributed by atoms with Crippen molar-refractivity contribution in [3.8, 4) is 0 Å². The van der Waals surface area contributed by atoms with Crippen LogP contribution >= 0.6 is 0 Å². The van der Waals surface area contributed by atoms with Crippen molar-refractivity contribution < 1.29 is 4.80 Å². The summed E-state index contributed by atoms with van der Waals surface area (Å²) in [6.45, 7) is 1.88. The Labute approximate surface area is 114 Å². The van der Waals surface area contributed by atoms with Crippen molar-refractivity contribution in [3.63, 3.8) is 0 Å². The van der Waals surface area contributed by atoms with Crippen LogP contribution in [0.3, 0.4) is 0 Å². The van der Waals surface area contributed by atoms with Crippen molar-refractivity contribution in [3.05, 3.63) is 72.8 Å². The molecule has 0 bridgehead atoms. The second kappa shape index (κ2) is 4.65. The molecule has 0 aromatic heterocycles. The quantitative estimate of drug-likeness (QED) is 0.648. The van der Waals surface area contributed by atoms with Crippen LogP contribution in [0.4, 0.5) is 0 Å². The summed E-state index contributed by atoms with van der Waals surface area (Å²) in [4.78, 5) is 13.3. The van der Waals surface area contributed by atoms with Gasteiger partial charge in [-0.05, 0) is 10.8 Å². The molecular weight excluding hydrogens is 248 g/mol. The van der Waals surface area contributed by atoms with E-state index in [1.165, 1.54) is 0 Å². The molecule has 0 saturated carbocycles. The summed E-state index contributed by atoms with van der Waals surface area (Å²) in [7, 11) is -2.87. The van der Waals surface area contributed by atoms with Gasteiger partial charge in [0.05, 0.1) is 0 Å². The Hall–Kier alpha value is -1.90. The molecule has 1 unspecified atom stereocenters. The van der Waals surface area contributed by atoms with E-state index in [9.17, 15) is 4.80 Å². The number of benzene rings is 3. The van der Waals surface area contributed by atoms with E-state index in [0.717, 1.165) is 21.1 Å². The highest BCUT2D eigenvalue weighted by Gasteiger charge is 2.19. The van der Waals surface area contributed by atoms with Crippen LogP contribution in [0.25, 0.3) is 10.8 Å². The lowest BCUT2D eigenvalue weighted by molar-refractivity contribution is -0.196. The molecule has 0 heterocycles. The predicted octanol–water partition coefficient (Wildman–Crippen LogP) is 1.89. The van der Waals surface area contributed by atoms with Gasteiger partial charge in [0.2, 0.25) is 0 Å². The zero-order valence-corrected chi connectivity index (χ0v) is 11.8. The third kappa shape index (κ3) is 2.09. The van der Waals surface area contributed by atoms with Crippen molar-refractivity contribution in [2.75, 3.05) is 0 Å². The fourth-order valence-corrected chi connectivity index (χ4v) is 4.85. The van der Waals surface area contributed by atoms with E-state index in [1.54, 1.807) is 0 Å². The van der Waals surface area contributed by atoms with E-state index in [-0.39, 0.29) is 0 Å². The molecule has 0 saturated heterocycles.